The van der Waals surface area contributed by atoms with Crippen LogP contribution in [-0.2, 0) is 4.79 Å². The average molecular weight is 336 g/mol. The van der Waals surface area contributed by atoms with E-state index in [0.29, 0.717) is 22.9 Å². The molecule has 1 unspecified atom stereocenters. The van der Waals surface area contributed by atoms with Gasteiger partial charge in [0.15, 0.2) is 0 Å². The number of para-hydroxylation sites is 1. The number of hydrogen-bond donors (Lipinski definition) is 1. The summed E-state index contributed by atoms with van der Waals surface area (Å²) in [5.74, 6) is -0.126. The van der Waals surface area contributed by atoms with Gasteiger partial charge in [-0.05, 0) is 30.5 Å². The van der Waals surface area contributed by atoms with E-state index >= 15 is 0 Å². The van der Waals surface area contributed by atoms with Crippen LogP contribution >= 0.6 is 11.6 Å². The predicted molar refractivity (Wildman–Crippen MR) is 88.4 cm³/mol. The smallest absolute Gasteiger partial charge is 0.326 e. The van der Waals surface area contributed by atoms with Crippen molar-refractivity contribution in [1.29, 1.82) is 0 Å². The molecule has 122 valence electrons. The van der Waals surface area contributed by atoms with Gasteiger partial charge in [0.25, 0.3) is 5.56 Å². The quantitative estimate of drug-likeness (QED) is 0.867. The first-order valence-electron chi connectivity index (χ1n) is 7.26. The summed E-state index contributed by atoms with van der Waals surface area (Å²) in [5.41, 5.74) is -0.428. The molecule has 0 spiro atoms. The fourth-order valence-corrected chi connectivity index (χ4v) is 2.40. The lowest BCUT2D eigenvalue weighted by Crippen LogP contribution is -2.30. The molecule has 2 rings (SSSR count). The van der Waals surface area contributed by atoms with Crippen molar-refractivity contribution in [2.45, 2.75) is 26.3 Å². The van der Waals surface area contributed by atoms with E-state index in [1.807, 2.05) is 13.8 Å². The van der Waals surface area contributed by atoms with Crippen molar-refractivity contribution >= 4 is 17.6 Å². The average Bonchev–Trinajstić information content (AvgIpc) is 2.47. The van der Waals surface area contributed by atoms with Gasteiger partial charge in [-0.2, -0.15) is 0 Å². The molecule has 1 N–H and O–H groups in total. The van der Waals surface area contributed by atoms with E-state index in [4.69, 9.17) is 16.3 Å². The number of aliphatic carboxylic acids is 1. The first-order chi connectivity index (χ1) is 10.9. The normalized spacial score (nSPS) is 12.2. The van der Waals surface area contributed by atoms with Crippen LogP contribution < -0.4 is 10.3 Å². The van der Waals surface area contributed by atoms with Crippen molar-refractivity contribution in [2.24, 2.45) is 5.92 Å². The molecule has 0 aliphatic carbocycles. The molecule has 0 amide bonds. The third kappa shape index (κ3) is 4.36. The van der Waals surface area contributed by atoms with Gasteiger partial charge in [0.2, 0.25) is 0 Å². The number of carboxylic acids is 1. The van der Waals surface area contributed by atoms with Crippen LogP contribution in [0.2, 0.25) is 5.02 Å². The summed E-state index contributed by atoms with van der Waals surface area (Å²) in [7, 11) is 0. The second-order valence-corrected chi connectivity index (χ2v) is 6.03. The zero-order valence-corrected chi connectivity index (χ0v) is 13.7. The van der Waals surface area contributed by atoms with Crippen LogP contribution in [0.4, 0.5) is 0 Å². The van der Waals surface area contributed by atoms with E-state index in [2.05, 4.69) is 0 Å². The maximum Gasteiger partial charge on any atom is 0.326 e. The third-order valence-corrected chi connectivity index (χ3v) is 3.61. The van der Waals surface area contributed by atoms with E-state index < -0.39 is 17.6 Å². The Bertz CT molecular complexity index is 754. The van der Waals surface area contributed by atoms with Crippen molar-refractivity contribution in [3.8, 4) is 11.5 Å². The highest BCUT2D eigenvalue weighted by atomic mass is 35.5. The number of pyridine rings is 1. The van der Waals surface area contributed by atoms with Crippen molar-refractivity contribution in [3.63, 3.8) is 0 Å². The van der Waals surface area contributed by atoms with Crippen LogP contribution in [0.5, 0.6) is 11.5 Å². The molecule has 1 atom stereocenters. The van der Waals surface area contributed by atoms with E-state index in [1.54, 1.807) is 30.3 Å². The van der Waals surface area contributed by atoms with Gasteiger partial charge in [0.05, 0.1) is 5.02 Å². The molecule has 23 heavy (non-hydrogen) atoms. The molecule has 6 heteroatoms. The standard InChI is InChI=1S/C17H18ClNO4/c1-11(2)9-14(17(21)22)19-8-7-12(10-16(19)20)23-15-6-4-3-5-13(15)18/h3-8,10-11,14H,9H2,1-2H3,(H,21,22). The Balaban J connectivity index is 2.28. The summed E-state index contributed by atoms with van der Waals surface area (Å²) in [5, 5.41) is 9.76. The maximum absolute atomic E-state index is 12.2. The van der Waals surface area contributed by atoms with Gasteiger partial charge < -0.3 is 14.4 Å². The monoisotopic (exact) mass is 335 g/mol. The molecule has 2 aromatic rings. The maximum atomic E-state index is 12.2. The van der Waals surface area contributed by atoms with E-state index in [9.17, 15) is 14.7 Å². The topological polar surface area (TPSA) is 68.5 Å². The number of carbonyl (C=O) groups is 1. The molecular weight excluding hydrogens is 318 g/mol. The Morgan fingerprint density at radius 2 is 2.00 bits per heavy atom. The molecule has 5 nitrogen and oxygen atoms in total. The van der Waals surface area contributed by atoms with Gasteiger partial charge in [-0.3, -0.25) is 4.79 Å². The number of nitrogens with zero attached hydrogens (tertiary/aromatic N) is 1. The summed E-state index contributed by atoms with van der Waals surface area (Å²) in [6.45, 7) is 3.83. The molecule has 1 aromatic heterocycles. The van der Waals surface area contributed by atoms with Gasteiger partial charge in [-0.15, -0.1) is 0 Å². The Hall–Kier alpha value is -2.27. The summed E-state index contributed by atoms with van der Waals surface area (Å²) in [6.07, 6.45) is 1.82. The highest BCUT2D eigenvalue weighted by molar-refractivity contribution is 6.32. The van der Waals surface area contributed by atoms with Crippen molar-refractivity contribution in [2.75, 3.05) is 0 Å². The number of ether oxygens (including phenoxy) is 1. The van der Waals surface area contributed by atoms with Crippen LogP contribution in [0.1, 0.15) is 26.3 Å². The van der Waals surface area contributed by atoms with E-state index in [1.165, 1.54) is 16.8 Å². The first kappa shape index (κ1) is 17.1. The number of hydrogen-bond acceptors (Lipinski definition) is 3. The predicted octanol–water partition coefficient (Wildman–Crippen LogP) is 3.97. The second kappa shape index (κ2) is 7.33. The molecule has 1 heterocycles. The van der Waals surface area contributed by atoms with Gasteiger partial charge in [-0.1, -0.05) is 37.6 Å². The molecule has 0 bridgehead atoms. The van der Waals surface area contributed by atoms with Crippen molar-refractivity contribution in [1.82, 2.24) is 4.57 Å². The minimum absolute atomic E-state index is 0.155. The van der Waals surface area contributed by atoms with Crippen LogP contribution in [0.25, 0.3) is 0 Å². The number of rotatable bonds is 6. The number of benzene rings is 1. The molecule has 0 saturated heterocycles. The molecule has 1 aromatic carbocycles. The van der Waals surface area contributed by atoms with Crippen molar-refractivity contribution < 1.29 is 14.6 Å². The van der Waals surface area contributed by atoms with E-state index in [0.717, 1.165) is 0 Å². The Morgan fingerprint density at radius 3 is 2.57 bits per heavy atom. The second-order valence-electron chi connectivity index (χ2n) is 5.62. The van der Waals surface area contributed by atoms with Crippen LogP contribution in [0.3, 0.4) is 0 Å². The highest BCUT2D eigenvalue weighted by Crippen LogP contribution is 2.28. The fourth-order valence-electron chi connectivity index (χ4n) is 2.23. The lowest BCUT2D eigenvalue weighted by atomic mass is 10.0. The zero-order chi connectivity index (χ0) is 17.0. The summed E-state index contributed by atoms with van der Waals surface area (Å²) in [6, 6.07) is 8.84. The molecule has 0 aliphatic rings. The highest BCUT2D eigenvalue weighted by Gasteiger charge is 2.22. The van der Waals surface area contributed by atoms with Gasteiger partial charge in [0, 0.05) is 12.3 Å². The molecule has 0 radical (unpaired) electrons. The fraction of sp³-hybridized carbons (Fsp3) is 0.294. The Labute approximate surface area is 139 Å². The molecule has 0 fully saturated rings. The summed E-state index contributed by atoms with van der Waals surface area (Å²) < 4.78 is 6.78. The van der Waals surface area contributed by atoms with Crippen LogP contribution in [0, 0.1) is 5.92 Å². The SMILES string of the molecule is CC(C)CC(C(=O)O)n1ccc(Oc2ccccc2Cl)cc1=O. The lowest BCUT2D eigenvalue weighted by molar-refractivity contribution is -0.141. The first-order valence-corrected chi connectivity index (χ1v) is 7.63. The van der Waals surface area contributed by atoms with Gasteiger partial charge in [0.1, 0.15) is 17.5 Å². The summed E-state index contributed by atoms with van der Waals surface area (Å²) >= 11 is 6.01. The zero-order valence-electron chi connectivity index (χ0n) is 12.9. The molecule has 0 aliphatic heterocycles. The largest absolute Gasteiger partial charge is 0.480 e. The minimum atomic E-state index is -1.03. The van der Waals surface area contributed by atoms with E-state index in [-0.39, 0.29) is 5.92 Å². The number of halogens is 1. The number of carboxylic acid groups (broad SMARTS) is 1. The lowest BCUT2D eigenvalue weighted by Gasteiger charge is -2.18. The van der Waals surface area contributed by atoms with Crippen molar-refractivity contribution in [3.05, 3.63) is 58.0 Å². The molecule has 0 saturated carbocycles. The summed E-state index contributed by atoms with van der Waals surface area (Å²) in [4.78, 5) is 23.6. The van der Waals surface area contributed by atoms with Gasteiger partial charge in [-0.25, -0.2) is 4.79 Å². The van der Waals surface area contributed by atoms with Crippen LogP contribution in [0.15, 0.2) is 47.4 Å². The van der Waals surface area contributed by atoms with Crippen LogP contribution in [-0.4, -0.2) is 15.6 Å². The van der Waals surface area contributed by atoms with Gasteiger partial charge >= 0.3 is 5.97 Å². The number of aromatic nitrogens is 1. The Kier molecular flexibility index (Phi) is 5.45. The Morgan fingerprint density at radius 1 is 1.30 bits per heavy atom. The molecular formula is C17H18ClNO4. The minimum Gasteiger partial charge on any atom is -0.480 e. The third-order valence-electron chi connectivity index (χ3n) is 3.30.